The van der Waals surface area contributed by atoms with Crippen molar-refractivity contribution in [2.75, 3.05) is 19.8 Å². The maximum atomic E-state index is 13.2. The van der Waals surface area contributed by atoms with Gasteiger partial charge in [0.15, 0.2) is 0 Å². The van der Waals surface area contributed by atoms with Gasteiger partial charge in [0.25, 0.3) is 5.91 Å². The van der Waals surface area contributed by atoms with Gasteiger partial charge >= 0.3 is 0 Å². The molecule has 1 aromatic heterocycles. The average molecular weight is 338 g/mol. The van der Waals surface area contributed by atoms with E-state index >= 15 is 0 Å². The van der Waals surface area contributed by atoms with Crippen molar-refractivity contribution >= 4 is 5.91 Å². The van der Waals surface area contributed by atoms with Crippen LogP contribution in [-0.4, -0.2) is 35.5 Å². The molecule has 1 amide bonds. The molecule has 1 aliphatic rings. The molecule has 4 nitrogen and oxygen atoms in total. The van der Waals surface area contributed by atoms with Crippen molar-refractivity contribution in [2.24, 2.45) is 0 Å². The minimum absolute atomic E-state index is 0.0685. The van der Waals surface area contributed by atoms with E-state index in [2.05, 4.69) is 18.0 Å². The highest BCUT2D eigenvalue weighted by Gasteiger charge is 2.25. The van der Waals surface area contributed by atoms with Gasteiger partial charge in [0.05, 0.1) is 12.6 Å². The topological polar surface area (TPSA) is 42.4 Å². The molecule has 1 fully saturated rings. The Morgan fingerprint density at radius 1 is 1.28 bits per heavy atom. The van der Waals surface area contributed by atoms with Crippen molar-refractivity contribution < 1.29 is 9.53 Å². The van der Waals surface area contributed by atoms with E-state index in [1.165, 1.54) is 5.56 Å². The minimum atomic E-state index is 0.0685. The van der Waals surface area contributed by atoms with E-state index < -0.39 is 0 Å². The lowest BCUT2D eigenvalue weighted by atomic mass is 9.96. The smallest absolute Gasteiger partial charge is 0.254 e. The summed E-state index contributed by atoms with van der Waals surface area (Å²) in [7, 11) is 0. The lowest BCUT2D eigenvalue weighted by Crippen LogP contribution is -2.34. The number of nitrogens with zero attached hydrogens (tertiary/aromatic N) is 2. The van der Waals surface area contributed by atoms with Crippen LogP contribution in [0.2, 0.25) is 0 Å². The van der Waals surface area contributed by atoms with Gasteiger partial charge in [-0.3, -0.25) is 9.78 Å². The molecule has 0 N–H and O–H groups in total. The molecule has 0 spiro atoms. The molecule has 0 saturated carbocycles. The van der Waals surface area contributed by atoms with E-state index in [4.69, 9.17) is 4.74 Å². The van der Waals surface area contributed by atoms with Crippen molar-refractivity contribution in [1.82, 2.24) is 9.88 Å². The van der Waals surface area contributed by atoms with Gasteiger partial charge in [-0.2, -0.15) is 0 Å². The first-order valence-electron chi connectivity index (χ1n) is 9.13. The van der Waals surface area contributed by atoms with Crippen LogP contribution < -0.4 is 0 Å². The van der Waals surface area contributed by atoms with Crippen LogP contribution in [0.1, 0.15) is 60.1 Å². The molecule has 2 aromatic rings. The fourth-order valence-electron chi connectivity index (χ4n) is 3.62. The molecule has 2 atom stereocenters. The molecule has 2 heterocycles. The lowest BCUT2D eigenvalue weighted by Gasteiger charge is -2.31. The predicted octanol–water partition coefficient (Wildman–Crippen LogP) is 4.20. The van der Waals surface area contributed by atoms with Crippen molar-refractivity contribution in [3.63, 3.8) is 0 Å². The number of amides is 1. The Bertz CT molecular complexity index is 696. The van der Waals surface area contributed by atoms with Crippen LogP contribution in [0.5, 0.6) is 0 Å². The molecule has 132 valence electrons. The maximum Gasteiger partial charge on any atom is 0.254 e. The first-order chi connectivity index (χ1) is 12.2. The molecule has 4 heteroatoms. The summed E-state index contributed by atoms with van der Waals surface area (Å²) in [6.07, 6.45) is 5.48. The van der Waals surface area contributed by atoms with Gasteiger partial charge in [-0.15, -0.1) is 0 Å². The monoisotopic (exact) mass is 338 g/mol. The van der Waals surface area contributed by atoms with Gasteiger partial charge in [-0.1, -0.05) is 19.1 Å². The number of hydrogen-bond donors (Lipinski definition) is 0. The van der Waals surface area contributed by atoms with Crippen LogP contribution >= 0.6 is 0 Å². The highest BCUT2D eigenvalue weighted by Crippen LogP contribution is 2.28. The Hall–Kier alpha value is -2.20. The van der Waals surface area contributed by atoms with Crippen molar-refractivity contribution in [3.05, 3.63) is 65.5 Å². The number of carbonyl (C=O) groups is 1. The summed E-state index contributed by atoms with van der Waals surface area (Å²) in [6.45, 7) is 6.40. The Labute approximate surface area is 149 Å². The van der Waals surface area contributed by atoms with E-state index in [0.29, 0.717) is 12.5 Å². The molecule has 0 unspecified atom stereocenters. The number of rotatable bonds is 6. The quantitative estimate of drug-likeness (QED) is 0.793. The van der Waals surface area contributed by atoms with E-state index in [1.807, 2.05) is 42.2 Å². The van der Waals surface area contributed by atoms with Gasteiger partial charge in [0, 0.05) is 37.0 Å². The van der Waals surface area contributed by atoms with Gasteiger partial charge in [0.1, 0.15) is 0 Å². The molecule has 1 aromatic carbocycles. The third-order valence-electron chi connectivity index (χ3n) is 4.99. The molecular weight excluding hydrogens is 312 g/mol. The van der Waals surface area contributed by atoms with Crippen LogP contribution in [0.25, 0.3) is 0 Å². The normalized spacial score (nSPS) is 18.1. The van der Waals surface area contributed by atoms with E-state index in [1.54, 1.807) is 12.4 Å². The highest BCUT2D eigenvalue weighted by atomic mass is 16.5. The van der Waals surface area contributed by atoms with Crippen LogP contribution in [-0.2, 0) is 4.74 Å². The summed E-state index contributed by atoms with van der Waals surface area (Å²) in [5.74, 6) is 0.497. The lowest BCUT2D eigenvalue weighted by molar-refractivity contribution is 0.0682. The van der Waals surface area contributed by atoms with Gasteiger partial charge in [-0.05, 0) is 55.2 Å². The zero-order valence-electron chi connectivity index (χ0n) is 15.0. The second kappa shape index (κ2) is 8.26. The molecule has 1 saturated heterocycles. The van der Waals surface area contributed by atoms with Crippen molar-refractivity contribution in [3.8, 4) is 0 Å². The molecule has 0 aliphatic carbocycles. The first-order valence-corrected chi connectivity index (χ1v) is 9.13. The SMILES string of the molecule is CC[C@@H](c1ccncc1)N(CC)C(=O)c1cccc([C@H]2CCOC2)c1. The maximum absolute atomic E-state index is 13.2. The number of ether oxygens (including phenoxy) is 1. The van der Waals surface area contributed by atoms with Crippen LogP contribution in [0.15, 0.2) is 48.8 Å². The predicted molar refractivity (Wildman–Crippen MR) is 98.6 cm³/mol. The third kappa shape index (κ3) is 3.90. The minimum Gasteiger partial charge on any atom is -0.381 e. The molecule has 0 bridgehead atoms. The Morgan fingerprint density at radius 3 is 2.72 bits per heavy atom. The summed E-state index contributed by atoms with van der Waals surface area (Å²) in [5.41, 5.74) is 3.10. The second-order valence-corrected chi connectivity index (χ2v) is 6.48. The van der Waals surface area contributed by atoms with Gasteiger partial charge < -0.3 is 9.64 Å². The van der Waals surface area contributed by atoms with E-state index in [9.17, 15) is 4.79 Å². The molecule has 25 heavy (non-hydrogen) atoms. The highest BCUT2D eigenvalue weighted by molar-refractivity contribution is 5.94. The summed E-state index contributed by atoms with van der Waals surface area (Å²) in [6, 6.07) is 12.1. The summed E-state index contributed by atoms with van der Waals surface area (Å²) < 4.78 is 5.49. The summed E-state index contributed by atoms with van der Waals surface area (Å²) in [5, 5.41) is 0. The largest absolute Gasteiger partial charge is 0.381 e. The van der Waals surface area contributed by atoms with E-state index in [0.717, 1.165) is 37.2 Å². The molecular formula is C21H26N2O2. The molecule has 0 radical (unpaired) electrons. The second-order valence-electron chi connectivity index (χ2n) is 6.48. The average Bonchev–Trinajstić information content (AvgIpc) is 3.21. The first kappa shape index (κ1) is 17.6. The number of carbonyl (C=O) groups excluding carboxylic acids is 1. The summed E-state index contributed by atoms with van der Waals surface area (Å²) in [4.78, 5) is 19.2. The zero-order valence-corrected chi connectivity index (χ0v) is 15.0. The Morgan fingerprint density at radius 2 is 2.08 bits per heavy atom. The Kier molecular flexibility index (Phi) is 5.82. The Balaban J connectivity index is 1.85. The van der Waals surface area contributed by atoms with Gasteiger partial charge in [-0.25, -0.2) is 0 Å². The molecule has 3 rings (SSSR count). The van der Waals surface area contributed by atoms with E-state index in [-0.39, 0.29) is 11.9 Å². The number of hydrogen-bond acceptors (Lipinski definition) is 3. The van der Waals surface area contributed by atoms with Gasteiger partial charge in [0.2, 0.25) is 0 Å². The van der Waals surface area contributed by atoms with Crippen LogP contribution in [0.4, 0.5) is 0 Å². The van der Waals surface area contributed by atoms with Crippen LogP contribution in [0.3, 0.4) is 0 Å². The van der Waals surface area contributed by atoms with Crippen molar-refractivity contribution in [2.45, 2.75) is 38.6 Å². The number of aromatic nitrogens is 1. The number of pyridine rings is 1. The zero-order chi connectivity index (χ0) is 17.6. The summed E-state index contributed by atoms with van der Waals surface area (Å²) >= 11 is 0. The fourth-order valence-corrected chi connectivity index (χ4v) is 3.62. The third-order valence-corrected chi connectivity index (χ3v) is 4.99. The standard InChI is InChI=1S/C21H26N2O2/c1-3-20(16-8-11-22-12-9-16)23(4-2)21(24)18-7-5-6-17(14-18)19-10-13-25-15-19/h5-9,11-12,14,19-20H,3-4,10,13,15H2,1-2H3/t19-,20-/m0/s1. The number of benzene rings is 1. The van der Waals surface area contributed by atoms with Crippen molar-refractivity contribution in [1.29, 1.82) is 0 Å². The van der Waals surface area contributed by atoms with Crippen LogP contribution in [0, 0.1) is 0 Å². The molecule has 1 aliphatic heterocycles. The fraction of sp³-hybridized carbons (Fsp3) is 0.429.